The van der Waals surface area contributed by atoms with Crippen molar-refractivity contribution in [3.05, 3.63) is 35.4 Å². The highest BCUT2D eigenvalue weighted by Crippen LogP contribution is 2.37. The lowest BCUT2D eigenvalue weighted by Gasteiger charge is -2.09. The van der Waals surface area contributed by atoms with E-state index in [1.165, 1.54) is 6.92 Å². The van der Waals surface area contributed by atoms with Gasteiger partial charge in [-0.25, -0.2) is 0 Å². The van der Waals surface area contributed by atoms with Crippen LogP contribution in [0.25, 0.3) is 0 Å². The molecule has 0 aromatic heterocycles. The maximum absolute atomic E-state index is 11.8. The van der Waals surface area contributed by atoms with E-state index in [0.29, 0.717) is 0 Å². The second-order valence-corrected chi connectivity index (χ2v) is 3.83. The number of carbonyl (C=O) groups is 2. The lowest BCUT2D eigenvalue weighted by atomic mass is 9.91. The van der Waals surface area contributed by atoms with Crippen LogP contribution in [-0.4, -0.2) is 11.6 Å². The first-order chi connectivity index (χ1) is 7.63. The summed E-state index contributed by atoms with van der Waals surface area (Å²) in [6, 6.07) is 7.48. The Morgan fingerprint density at radius 3 is 2.25 bits per heavy atom. The van der Waals surface area contributed by atoms with Crippen molar-refractivity contribution >= 4 is 11.6 Å². The van der Waals surface area contributed by atoms with Gasteiger partial charge in [-0.05, 0) is 18.4 Å². The fourth-order valence-corrected chi connectivity index (χ4v) is 2.23. The highest BCUT2D eigenvalue weighted by molar-refractivity contribution is 6.14. The summed E-state index contributed by atoms with van der Waals surface area (Å²) < 4.78 is 0. The summed E-state index contributed by atoms with van der Waals surface area (Å²) >= 11 is 0. The molecule has 1 aliphatic carbocycles. The zero-order valence-electron chi connectivity index (χ0n) is 10.3. The molecule has 86 valence electrons. The van der Waals surface area contributed by atoms with Crippen molar-refractivity contribution in [3.8, 4) is 0 Å². The molecule has 16 heavy (non-hydrogen) atoms. The molecule has 0 heterocycles. The van der Waals surface area contributed by atoms with Gasteiger partial charge < -0.3 is 0 Å². The van der Waals surface area contributed by atoms with Crippen LogP contribution in [0.5, 0.6) is 0 Å². The third-order valence-electron chi connectivity index (χ3n) is 2.94. The lowest BCUT2D eigenvalue weighted by molar-refractivity contribution is -0.119. The van der Waals surface area contributed by atoms with Gasteiger partial charge in [0.2, 0.25) is 0 Å². The van der Waals surface area contributed by atoms with E-state index in [4.69, 9.17) is 0 Å². The van der Waals surface area contributed by atoms with E-state index >= 15 is 0 Å². The Kier molecular flexibility index (Phi) is 3.99. The Bertz CT molecular complexity index is 407. The van der Waals surface area contributed by atoms with Crippen LogP contribution in [0.2, 0.25) is 0 Å². The summed E-state index contributed by atoms with van der Waals surface area (Å²) in [6.07, 6.45) is 0. The van der Waals surface area contributed by atoms with Crippen LogP contribution < -0.4 is 0 Å². The number of fused-ring (bicyclic) bond motifs is 1. The minimum absolute atomic E-state index is 0.0133. The molecule has 2 heteroatoms. The Balaban J connectivity index is 0.000000606. The topological polar surface area (TPSA) is 34.1 Å². The van der Waals surface area contributed by atoms with Crippen LogP contribution in [0, 0.1) is 5.92 Å². The van der Waals surface area contributed by atoms with Gasteiger partial charge in [0.25, 0.3) is 0 Å². The van der Waals surface area contributed by atoms with Crippen molar-refractivity contribution in [1.29, 1.82) is 0 Å². The number of Topliss-reactive ketones (excluding diaryl/α,β-unsaturated/α-hetero) is 2. The van der Waals surface area contributed by atoms with Crippen LogP contribution >= 0.6 is 0 Å². The summed E-state index contributed by atoms with van der Waals surface area (Å²) in [6.45, 7) is 7.43. The molecule has 0 N–H and O–H groups in total. The van der Waals surface area contributed by atoms with Crippen molar-refractivity contribution in [2.45, 2.75) is 33.6 Å². The maximum atomic E-state index is 11.8. The average Bonchev–Trinajstić information content (AvgIpc) is 2.55. The van der Waals surface area contributed by atoms with Gasteiger partial charge in [0.15, 0.2) is 5.78 Å². The first-order valence-corrected chi connectivity index (χ1v) is 5.76. The van der Waals surface area contributed by atoms with Crippen molar-refractivity contribution < 1.29 is 9.59 Å². The average molecular weight is 218 g/mol. The molecule has 0 saturated carbocycles. The molecule has 1 aliphatic rings. The molecular weight excluding hydrogens is 200 g/mol. The zero-order chi connectivity index (χ0) is 12.3. The fraction of sp³-hybridized carbons (Fsp3) is 0.429. The first kappa shape index (κ1) is 12.6. The van der Waals surface area contributed by atoms with Crippen molar-refractivity contribution in [3.63, 3.8) is 0 Å². The summed E-state index contributed by atoms with van der Waals surface area (Å²) in [5.41, 5.74) is 1.73. The maximum Gasteiger partial charge on any atom is 0.174 e. The standard InChI is InChI=1S/C12H12O2.C2H6/c1-7-9-5-3-4-6-10(9)12(14)11(7)8(2)13;1-2/h3-7,11H,1-2H3;1-2H3. The molecule has 1 aromatic rings. The number of hydrogen-bond donors (Lipinski definition) is 0. The number of carbonyl (C=O) groups excluding carboxylic acids is 2. The normalized spacial score (nSPS) is 22.1. The number of hydrogen-bond acceptors (Lipinski definition) is 2. The molecule has 2 nitrogen and oxygen atoms in total. The third-order valence-corrected chi connectivity index (χ3v) is 2.94. The van der Waals surface area contributed by atoms with E-state index in [2.05, 4.69) is 0 Å². The minimum atomic E-state index is -0.451. The summed E-state index contributed by atoms with van der Waals surface area (Å²) in [5.74, 6) is -0.456. The van der Waals surface area contributed by atoms with Crippen LogP contribution in [-0.2, 0) is 4.79 Å². The van der Waals surface area contributed by atoms with E-state index in [-0.39, 0.29) is 17.5 Å². The second-order valence-electron chi connectivity index (χ2n) is 3.83. The van der Waals surface area contributed by atoms with E-state index in [1.54, 1.807) is 6.07 Å². The van der Waals surface area contributed by atoms with E-state index in [1.807, 2.05) is 39.0 Å². The predicted molar refractivity (Wildman–Crippen MR) is 64.7 cm³/mol. The molecule has 2 atom stereocenters. The second kappa shape index (κ2) is 5.06. The van der Waals surface area contributed by atoms with Crippen LogP contribution in [0.4, 0.5) is 0 Å². The molecule has 1 aromatic carbocycles. The summed E-state index contributed by atoms with van der Waals surface area (Å²) in [4.78, 5) is 23.1. The minimum Gasteiger partial charge on any atom is -0.299 e. The highest BCUT2D eigenvalue weighted by atomic mass is 16.1. The molecule has 0 fully saturated rings. The molecule has 0 saturated heterocycles. The van der Waals surface area contributed by atoms with Crippen molar-refractivity contribution in [2.24, 2.45) is 5.92 Å². The molecule has 2 rings (SSSR count). The quantitative estimate of drug-likeness (QED) is 0.678. The van der Waals surface area contributed by atoms with Crippen molar-refractivity contribution in [2.75, 3.05) is 0 Å². The predicted octanol–water partition coefficient (Wildman–Crippen LogP) is 3.22. The number of benzene rings is 1. The Morgan fingerprint density at radius 2 is 1.75 bits per heavy atom. The van der Waals surface area contributed by atoms with Crippen molar-refractivity contribution in [1.82, 2.24) is 0 Å². The molecule has 0 aliphatic heterocycles. The number of rotatable bonds is 1. The van der Waals surface area contributed by atoms with E-state index in [0.717, 1.165) is 11.1 Å². The smallest absolute Gasteiger partial charge is 0.174 e. The SMILES string of the molecule is CC.CC(=O)C1C(=O)c2ccccc2C1C. The highest BCUT2D eigenvalue weighted by Gasteiger charge is 2.39. The molecule has 0 spiro atoms. The number of ketones is 2. The van der Waals surface area contributed by atoms with Gasteiger partial charge in [0.05, 0.1) is 5.92 Å². The Morgan fingerprint density at radius 1 is 1.19 bits per heavy atom. The summed E-state index contributed by atoms with van der Waals surface area (Å²) in [7, 11) is 0. The van der Waals surface area contributed by atoms with Crippen LogP contribution in [0.15, 0.2) is 24.3 Å². The summed E-state index contributed by atoms with van der Waals surface area (Å²) in [5, 5.41) is 0. The van der Waals surface area contributed by atoms with E-state index in [9.17, 15) is 9.59 Å². The van der Waals surface area contributed by atoms with Gasteiger partial charge in [0, 0.05) is 5.56 Å². The van der Waals surface area contributed by atoms with Gasteiger partial charge in [0.1, 0.15) is 5.78 Å². The van der Waals surface area contributed by atoms with Gasteiger partial charge in [-0.3, -0.25) is 9.59 Å². The molecule has 0 radical (unpaired) electrons. The van der Waals surface area contributed by atoms with Gasteiger partial charge >= 0.3 is 0 Å². The molecular formula is C14H18O2. The van der Waals surface area contributed by atoms with Gasteiger partial charge in [-0.1, -0.05) is 45.0 Å². The van der Waals surface area contributed by atoms with Crippen LogP contribution in [0.1, 0.15) is 49.5 Å². The monoisotopic (exact) mass is 218 g/mol. The first-order valence-electron chi connectivity index (χ1n) is 5.76. The molecule has 0 amide bonds. The Labute approximate surface area is 96.7 Å². The third kappa shape index (κ3) is 1.92. The molecule has 2 unspecified atom stereocenters. The van der Waals surface area contributed by atoms with E-state index < -0.39 is 5.92 Å². The fourth-order valence-electron chi connectivity index (χ4n) is 2.23. The molecule has 0 bridgehead atoms. The largest absolute Gasteiger partial charge is 0.299 e. The Hall–Kier alpha value is -1.44. The van der Waals surface area contributed by atoms with Gasteiger partial charge in [-0.15, -0.1) is 0 Å². The zero-order valence-corrected chi connectivity index (χ0v) is 10.3. The van der Waals surface area contributed by atoms with Gasteiger partial charge in [-0.2, -0.15) is 0 Å². The lowest BCUT2D eigenvalue weighted by Crippen LogP contribution is -2.20. The van der Waals surface area contributed by atoms with Crippen LogP contribution in [0.3, 0.4) is 0 Å².